The average molecular weight is 263 g/mol. The van der Waals surface area contributed by atoms with E-state index >= 15 is 0 Å². The molecule has 0 bridgehead atoms. The molecule has 0 spiro atoms. The van der Waals surface area contributed by atoms with Gasteiger partial charge in [-0.1, -0.05) is 0 Å². The molecule has 0 aliphatic carbocycles. The van der Waals surface area contributed by atoms with E-state index in [1.54, 1.807) is 13.1 Å². The molecule has 2 heterocycles. The van der Waals surface area contributed by atoms with E-state index in [-0.39, 0.29) is 5.91 Å². The van der Waals surface area contributed by atoms with Gasteiger partial charge in [0.2, 0.25) is 0 Å². The fourth-order valence-corrected chi connectivity index (χ4v) is 2.47. The third-order valence-corrected chi connectivity index (χ3v) is 3.45. The van der Waals surface area contributed by atoms with E-state index in [1.165, 1.54) is 12.8 Å². The van der Waals surface area contributed by atoms with Crippen molar-refractivity contribution in [1.82, 2.24) is 20.8 Å². The number of hydrogen-bond donors (Lipinski definition) is 2. The van der Waals surface area contributed by atoms with Crippen molar-refractivity contribution >= 4 is 11.7 Å². The molecule has 6 heteroatoms. The zero-order valence-electron chi connectivity index (χ0n) is 11.5. The molecule has 1 aliphatic heterocycles. The molecular formula is C13H21N5O. The normalized spacial score (nSPS) is 19.3. The summed E-state index contributed by atoms with van der Waals surface area (Å²) in [6.45, 7) is 3.03. The second-order valence-corrected chi connectivity index (χ2v) is 4.87. The molecule has 6 nitrogen and oxygen atoms in total. The highest BCUT2D eigenvalue weighted by atomic mass is 16.1. The molecular weight excluding hydrogens is 242 g/mol. The van der Waals surface area contributed by atoms with Gasteiger partial charge in [-0.2, -0.15) is 0 Å². The van der Waals surface area contributed by atoms with E-state index in [0.717, 1.165) is 25.5 Å². The summed E-state index contributed by atoms with van der Waals surface area (Å²) in [7, 11) is 3.57. The molecule has 1 atom stereocenters. The Labute approximate surface area is 113 Å². The van der Waals surface area contributed by atoms with Crippen LogP contribution >= 0.6 is 0 Å². The van der Waals surface area contributed by atoms with Crippen molar-refractivity contribution in [2.75, 3.05) is 38.6 Å². The van der Waals surface area contributed by atoms with Crippen molar-refractivity contribution in [3.05, 3.63) is 17.8 Å². The van der Waals surface area contributed by atoms with E-state index < -0.39 is 0 Å². The van der Waals surface area contributed by atoms with Gasteiger partial charge in [-0.3, -0.25) is 4.79 Å². The van der Waals surface area contributed by atoms with Crippen molar-refractivity contribution in [3.8, 4) is 0 Å². The topological polar surface area (TPSA) is 70.2 Å². The summed E-state index contributed by atoms with van der Waals surface area (Å²) in [6, 6.07) is 3.60. The van der Waals surface area contributed by atoms with Gasteiger partial charge in [0.05, 0.1) is 0 Å². The van der Waals surface area contributed by atoms with Gasteiger partial charge in [0, 0.05) is 20.1 Å². The minimum Gasteiger partial charge on any atom is -0.355 e. The lowest BCUT2D eigenvalue weighted by atomic mass is 9.98. The van der Waals surface area contributed by atoms with Crippen molar-refractivity contribution in [1.29, 1.82) is 0 Å². The van der Waals surface area contributed by atoms with Gasteiger partial charge in [0.15, 0.2) is 11.5 Å². The van der Waals surface area contributed by atoms with Crippen molar-refractivity contribution in [3.63, 3.8) is 0 Å². The highest BCUT2D eigenvalue weighted by molar-refractivity contribution is 5.91. The molecule has 19 heavy (non-hydrogen) atoms. The van der Waals surface area contributed by atoms with Crippen LogP contribution in [0.5, 0.6) is 0 Å². The van der Waals surface area contributed by atoms with Crippen LogP contribution in [0.3, 0.4) is 0 Å². The van der Waals surface area contributed by atoms with E-state index in [1.807, 2.05) is 13.1 Å². The monoisotopic (exact) mass is 263 g/mol. The Bertz CT molecular complexity index is 418. The first-order valence-electron chi connectivity index (χ1n) is 6.70. The molecule has 1 aliphatic rings. The predicted molar refractivity (Wildman–Crippen MR) is 74.3 cm³/mol. The number of piperidine rings is 1. The number of nitrogens with zero attached hydrogens (tertiary/aromatic N) is 3. The molecule has 1 saturated heterocycles. The predicted octanol–water partition coefficient (Wildman–Crippen LogP) is 0.272. The Morgan fingerprint density at radius 2 is 2.26 bits per heavy atom. The van der Waals surface area contributed by atoms with Gasteiger partial charge in [-0.25, -0.2) is 0 Å². The molecule has 1 aromatic rings. The number of nitrogens with one attached hydrogen (secondary N) is 2. The summed E-state index contributed by atoms with van der Waals surface area (Å²) in [4.78, 5) is 13.6. The number of rotatable bonds is 4. The van der Waals surface area contributed by atoms with Gasteiger partial charge in [0.25, 0.3) is 5.91 Å². The van der Waals surface area contributed by atoms with Crippen molar-refractivity contribution in [2.45, 2.75) is 12.8 Å². The van der Waals surface area contributed by atoms with Crippen molar-refractivity contribution < 1.29 is 4.79 Å². The zero-order chi connectivity index (χ0) is 13.7. The molecule has 2 rings (SSSR count). The number of carbonyl (C=O) groups is 1. The minimum atomic E-state index is -0.203. The maximum atomic E-state index is 11.4. The van der Waals surface area contributed by atoms with Crippen LogP contribution in [0.1, 0.15) is 23.3 Å². The Morgan fingerprint density at radius 3 is 2.89 bits per heavy atom. The molecule has 1 fully saturated rings. The molecule has 1 aromatic heterocycles. The van der Waals surface area contributed by atoms with Gasteiger partial charge in [0.1, 0.15) is 0 Å². The highest BCUT2D eigenvalue weighted by Crippen LogP contribution is 2.20. The number of hydrogen-bond acceptors (Lipinski definition) is 5. The Balaban J connectivity index is 2.03. The summed E-state index contributed by atoms with van der Waals surface area (Å²) in [5, 5.41) is 13.9. The second kappa shape index (κ2) is 6.47. The van der Waals surface area contributed by atoms with Gasteiger partial charge >= 0.3 is 0 Å². The van der Waals surface area contributed by atoms with Gasteiger partial charge < -0.3 is 15.5 Å². The van der Waals surface area contributed by atoms with Crippen LogP contribution in [-0.4, -0.2) is 49.8 Å². The number of aromatic nitrogens is 2. The summed E-state index contributed by atoms with van der Waals surface area (Å²) in [5.41, 5.74) is 0.357. The maximum absolute atomic E-state index is 11.4. The van der Waals surface area contributed by atoms with E-state index in [9.17, 15) is 4.79 Å². The third kappa shape index (κ3) is 3.41. The van der Waals surface area contributed by atoms with Crippen LogP contribution in [0.4, 0.5) is 5.82 Å². The second-order valence-electron chi connectivity index (χ2n) is 4.87. The van der Waals surface area contributed by atoms with E-state index in [0.29, 0.717) is 11.6 Å². The lowest BCUT2D eigenvalue weighted by Crippen LogP contribution is -2.39. The van der Waals surface area contributed by atoms with E-state index in [2.05, 4.69) is 25.7 Å². The van der Waals surface area contributed by atoms with Crippen LogP contribution in [0.25, 0.3) is 0 Å². The molecule has 0 saturated carbocycles. The van der Waals surface area contributed by atoms with E-state index in [4.69, 9.17) is 0 Å². The Hall–Kier alpha value is -1.69. The van der Waals surface area contributed by atoms with Crippen LogP contribution in [-0.2, 0) is 0 Å². The first-order chi connectivity index (χ1) is 9.24. The fourth-order valence-electron chi connectivity index (χ4n) is 2.47. The summed E-state index contributed by atoms with van der Waals surface area (Å²) < 4.78 is 0. The van der Waals surface area contributed by atoms with Crippen molar-refractivity contribution in [2.24, 2.45) is 5.92 Å². The minimum absolute atomic E-state index is 0.203. The Morgan fingerprint density at radius 1 is 1.42 bits per heavy atom. The van der Waals surface area contributed by atoms with Gasteiger partial charge in [-0.15, -0.1) is 10.2 Å². The molecule has 104 valence electrons. The average Bonchev–Trinajstić information content (AvgIpc) is 2.47. The standard InChI is InChI=1S/C13H21N5O/c1-14-8-10-4-3-7-18(9-10)12-6-5-11(16-17-12)13(19)15-2/h5-6,10,14H,3-4,7-9H2,1-2H3,(H,15,19). The molecule has 1 amide bonds. The number of anilines is 1. The molecule has 0 radical (unpaired) electrons. The Kier molecular flexibility index (Phi) is 4.68. The molecule has 1 unspecified atom stereocenters. The summed E-state index contributed by atoms with van der Waals surface area (Å²) >= 11 is 0. The largest absolute Gasteiger partial charge is 0.355 e. The first kappa shape index (κ1) is 13.7. The van der Waals surface area contributed by atoms with Crippen LogP contribution in [0.15, 0.2) is 12.1 Å². The highest BCUT2D eigenvalue weighted by Gasteiger charge is 2.20. The van der Waals surface area contributed by atoms with Crippen LogP contribution < -0.4 is 15.5 Å². The molecule has 2 N–H and O–H groups in total. The lowest BCUT2D eigenvalue weighted by Gasteiger charge is -2.33. The maximum Gasteiger partial charge on any atom is 0.271 e. The smallest absolute Gasteiger partial charge is 0.271 e. The lowest BCUT2D eigenvalue weighted by molar-refractivity contribution is 0.0957. The van der Waals surface area contributed by atoms with Crippen LogP contribution in [0, 0.1) is 5.92 Å². The third-order valence-electron chi connectivity index (χ3n) is 3.45. The van der Waals surface area contributed by atoms with Gasteiger partial charge in [-0.05, 0) is 44.5 Å². The molecule has 0 aromatic carbocycles. The fraction of sp³-hybridized carbons (Fsp3) is 0.615. The summed E-state index contributed by atoms with van der Waals surface area (Å²) in [5.74, 6) is 1.30. The number of amides is 1. The summed E-state index contributed by atoms with van der Waals surface area (Å²) in [6.07, 6.45) is 2.42. The van der Waals surface area contributed by atoms with Crippen LogP contribution in [0.2, 0.25) is 0 Å². The first-order valence-corrected chi connectivity index (χ1v) is 6.70. The zero-order valence-corrected chi connectivity index (χ0v) is 11.5. The number of carbonyl (C=O) groups excluding carboxylic acids is 1. The SMILES string of the molecule is CNCC1CCCN(c2ccc(C(=O)NC)nn2)C1. The quantitative estimate of drug-likeness (QED) is 0.816.